The van der Waals surface area contributed by atoms with Gasteiger partial charge in [-0.25, -0.2) is 0 Å². The lowest BCUT2D eigenvalue weighted by molar-refractivity contribution is -0.111. The number of methoxy groups -OCH3 is 2. The molecule has 4 rings (SSSR count). The van der Waals surface area contributed by atoms with Crippen molar-refractivity contribution in [1.82, 2.24) is 0 Å². The van der Waals surface area contributed by atoms with E-state index in [0.29, 0.717) is 29.4 Å². The molecule has 0 unspecified atom stereocenters. The third-order valence-electron chi connectivity index (χ3n) is 5.74. The molecule has 0 atom stereocenters. The van der Waals surface area contributed by atoms with Gasteiger partial charge in [0.2, 0.25) is 5.91 Å². The van der Waals surface area contributed by atoms with E-state index in [-0.39, 0.29) is 5.91 Å². The second-order valence-electron chi connectivity index (χ2n) is 8.18. The van der Waals surface area contributed by atoms with Crippen molar-refractivity contribution in [3.63, 3.8) is 0 Å². The molecule has 3 aromatic carbocycles. The largest absolute Gasteiger partial charge is 0.497 e. The molecule has 0 spiro atoms. The Bertz CT molecular complexity index is 1400. The lowest BCUT2D eigenvalue weighted by Gasteiger charge is -2.13. The van der Waals surface area contributed by atoms with Crippen LogP contribution in [0.2, 0.25) is 0 Å². The number of hydrogen-bond acceptors (Lipinski definition) is 5. The average Bonchev–Trinajstić information content (AvgIpc) is 3.26. The number of hydrogen-bond donors (Lipinski definition) is 1. The van der Waals surface area contributed by atoms with Crippen LogP contribution in [0.3, 0.4) is 0 Å². The first kappa shape index (κ1) is 24.0. The molecule has 0 bridgehead atoms. The average molecular weight is 472 g/mol. The first-order valence-electron chi connectivity index (χ1n) is 11.4. The molecule has 0 aliphatic rings. The van der Waals surface area contributed by atoms with Crippen molar-refractivity contribution in [3.8, 4) is 28.4 Å². The number of allylic oxidation sites excluding steroid dienone is 1. The molecule has 1 N–H and O–H groups in total. The lowest BCUT2D eigenvalue weighted by atomic mass is 9.99. The summed E-state index contributed by atoms with van der Waals surface area (Å²) in [6, 6.07) is 17.3. The predicted octanol–water partition coefficient (Wildman–Crippen LogP) is 6.87. The van der Waals surface area contributed by atoms with Gasteiger partial charge in [-0.1, -0.05) is 18.2 Å². The van der Waals surface area contributed by atoms with Crippen molar-refractivity contribution < 1.29 is 23.4 Å². The van der Waals surface area contributed by atoms with Gasteiger partial charge in [-0.05, 0) is 67.8 Å². The maximum Gasteiger partial charge on any atom is 0.248 e. The third kappa shape index (κ3) is 5.17. The molecule has 6 nitrogen and oxygen atoms in total. The molecule has 1 aromatic heterocycles. The molecule has 4 aromatic rings. The van der Waals surface area contributed by atoms with Gasteiger partial charge >= 0.3 is 0 Å². The van der Waals surface area contributed by atoms with Crippen LogP contribution >= 0.6 is 0 Å². The molecule has 180 valence electrons. The van der Waals surface area contributed by atoms with Gasteiger partial charge in [-0.15, -0.1) is 0 Å². The Morgan fingerprint density at radius 1 is 1.03 bits per heavy atom. The molecule has 1 heterocycles. The third-order valence-corrected chi connectivity index (χ3v) is 5.74. The van der Waals surface area contributed by atoms with Gasteiger partial charge in [-0.2, -0.15) is 0 Å². The highest BCUT2D eigenvalue weighted by Crippen LogP contribution is 2.38. The zero-order chi connectivity index (χ0) is 24.9. The number of ether oxygens (including phenoxy) is 3. The maximum atomic E-state index is 12.9. The Morgan fingerprint density at radius 2 is 1.86 bits per heavy atom. The van der Waals surface area contributed by atoms with Gasteiger partial charge in [0.25, 0.3) is 0 Å². The van der Waals surface area contributed by atoms with E-state index in [1.165, 1.54) is 0 Å². The quantitative estimate of drug-likeness (QED) is 0.284. The SMILES string of the molecule is CCOc1cc2occ(-c3cccc(OC)c3)c2cc1/C(C)=C/C(=O)Nc1cc(C)ccc1OC. The van der Waals surface area contributed by atoms with Crippen molar-refractivity contribution in [1.29, 1.82) is 0 Å². The molecule has 1 amide bonds. The van der Waals surface area contributed by atoms with Crippen molar-refractivity contribution in [3.05, 3.63) is 78.1 Å². The Labute approximate surface area is 205 Å². The topological polar surface area (TPSA) is 69.9 Å². The zero-order valence-corrected chi connectivity index (χ0v) is 20.6. The Hall–Kier alpha value is -4.19. The highest BCUT2D eigenvalue weighted by molar-refractivity contribution is 6.06. The van der Waals surface area contributed by atoms with E-state index in [9.17, 15) is 4.79 Å². The highest BCUT2D eigenvalue weighted by Gasteiger charge is 2.16. The van der Waals surface area contributed by atoms with Gasteiger partial charge in [-0.3, -0.25) is 4.79 Å². The lowest BCUT2D eigenvalue weighted by Crippen LogP contribution is -2.10. The van der Waals surface area contributed by atoms with Crippen LogP contribution in [-0.4, -0.2) is 26.7 Å². The van der Waals surface area contributed by atoms with E-state index in [1.807, 2.05) is 75.4 Å². The van der Waals surface area contributed by atoms with Crippen LogP contribution in [0.25, 0.3) is 27.7 Å². The van der Waals surface area contributed by atoms with Crippen molar-refractivity contribution >= 4 is 28.1 Å². The first-order chi connectivity index (χ1) is 16.9. The molecule has 0 aliphatic carbocycles. The van der Waals surface area contributed by atoms with E-state index in [0.717, 1.165) is 39.0 Å². The number of rotatable bonds is 8. The number of aryl methyl sites for hydroxylation is 1. The van der Waals surface area contributed by atoms with Gasteiger partial charge < -0.3 is 23.9 Å². The summed E-state index contributed by atoms with van der Waals surface area (Å²) in [5.41, 5.74) is 5.84. The summed E-state index contributed by atoms with van der Waals surface area (Å²) < 4.78 is 22.5. The van der Waals surface area contributed by atoms with Crippen LogP contribution in [0.5, 0.6) is 17.2 Å². The van der Waals surface area contributed by atoms with Gasteiger partial charge in [0.05, 0.1) is 32.8 Å². The number of amides is 1. The minimum absolute atomic E-state index is 0.255. The number of fused-ring (bicyclic) bond motifs is 1. The van der Waals surface area contributed by atoms with Crippen LogP contribution in [-0.2, 0) is 4.79 Å². The molecule has 0 saturated heterocycles. The van der Waals surface area contributed by atoms with Crippen molar-refractivity contribution in [2.75, 3.05) is 26.1 Å². The summed E-state index contributed by atoms with van der Waals surface area (Å²) in [6.45, 7) is 6.27. The minimum Gasteiger partial charge on any atom is -0.497 e. The summed E-state index contributed by atoms with van der Waals surface area (Å²) in [4.78, 5) is 12.9. The summed E-state index contributed by atoms with van der Waals surface area (Å²) in [5, 5.41) is 3.84. The fourth-order valence-electron chi connectivity index (χ4n) is 4.01. The number of anilines is 1. The standard InChI is InChI=1S/C29H29NO5/c1-6-34-27-16-28-23(24(17-35-28)20-8-7-9-21(14-20)32-4)15-22(27)19(3)13-29(31)30-25-12-18(2)10-11-26(25)33-5/h7-17H,6H2,1-5H3,(H,30,31)/b19-13+. The number of furan rings is 1. The van der Waals surface area contributed by atoms with Crippen molar-refractivity contribution in [2.24, 2.45) is 0 Å². The van der Waals surface area contributed by atoms with Crippen LogP contribution in [0.4, 0.5) is 5.69 Å². The van der Waals surface area contributed by atoms with Crippen LogP contribution in [0.1, 0.15) is 25.0 Å². The number of carbonyl (C=O) groups excluding carboxylic acids is 1. The van der Waals surface area contributed by atoms with Gasteiger partial charge in [0, 0.05) is 28.7 Å². The van der Waals surface area contributed by atoms with Gasteiger partial charge in [0.15, 0.2) is 0 Å². The molecule has 0 radical (unpaired) electrons. The first-order valence-corrected chi connectivity index (χ1v) is 11.4. The van der Waals surface area contributed by atoms with Crippen LogP contribution < -0.4 is 19.5 Å². The maximum absolute atomic E-state index is 12.9. The Balaban J connectivity index is 1.73. The van der Waals surface area contributed by atoms with Crippen LogP contribution in [0.15, 0.2) is 71.4 Å². The molecular weight excluding hydrogens is 442 g/mol. The molecule has 35 heavy (non-hydrogen) atoms. The van der Waals surface area contributed by atoms with E-state index in [4.69, 9.17) is 18.6 Å². The van der Waals surface area contributed by atoms with E-state index in [2.05, 4.69) is 5.32 Å². The monoisotopic (exact) mass is 471 g/mol. The zero-order valence-electron chi connectivity index (χ0n) is 20.6. The number of nitrogens with one attached hydrogen (secondary N) is 1. The van der Waals surface area contributed by atoms with E-state index < -0.39 is 0 Å². The van der Waals surface area contributed by atoms with Gasteiger partial charge in [0.1, 0.15) is 22.8 Å². The highest BCUT2D eigenvalue weighted by atomic mass is 16.5. The summed E-state index contributed by atoms with van der Waals surface area (Å²) in [6.07, 6.45) is 3.30. The molecule has 0 fully saturated rings. The number of benzene rings is 3. The predicted molar refractivity (Wildman–Crippen MR) is 139 cm³/mol. The molecule has 6 heteroatoms. The summed E-state index contributed by atoms with van der Waals surface area (Å²) in [7, 11) is 3.22. The Morgan fingerprint density at radius 3 is 2.60 bits per heavy atom. The van der Waals surface area contributed by atoms with Crippen LogP contribution in [0, 0.1) is 6.92 Å². The summed E-state index contributed by atoms with van der Waals surface area (Å²) in [5.74, 6) is 1.77. The fourth-order valence-corrected chi connectivity index (χ4v) is 4.01. The second kappa shape index (κ2) is 10.4. The smallest absolute Gasteiger partial charge is 0.248 e. The van der Waals surface area contributed by atoms with E-state index >= 15 is 0 Å². The Kier molecular flexibility index (Phi) is 7.11. The van der Waals surface area contributed by atoms with Crippen molar-refractivity contribution in [2.45, 2.75) is 20.8 Å². The summed E-state index contributed by atoms with van der Waals surface area (Å²) >= 11 is 0. The molecule has 0 aliphatic heterocycles. The normalized spacial score (nSPS) is 11.4. The molecular formula is C29H29NO5. The second-order valence-corrected chi connectivity index (χ2v) is 8.18. The number of carbonyl (C=O) groups is 1. The fraction of sp³-hybridized carbons (Fsp3) is 0.207. The molecule has 0 saturated carbocycles. The van der Waals surface area contributed by atoms with E-state index in [1.54, 1.807) is 26.6 Å². The minimum atomic E-state index is -0.255.